The molecule has 0 saturated carbocycles. The summed E-state index contributed by atoms with van der Waals surface area (Å²) in [6, 6.07) is 0. The van der Waals surface area contributed by atoms with Gasteiger partial charge in [0.05, 0.1) is 12.7 Å². The molecular weight excluding hydrogens is 204 g/mol. The highest BCUT2D eigenvalue weighted by molar-refractivity contribution is 5.17. The quantitative estimate of drug-likeness (QED) is 0.637. The van der Waals surface area contributed by atoms with E-state index in [-0.39, 0.29) is 18.1 Å². The Kier molecular flexibility index (Phi) is 2.78. The molecule has 2 heterocycles. The highest BCUT2D eigenvalue weighted by Crippen LogP contribution is 2.43. The molecule has 0 aromatic rings. The molecule has 0 bridgehead atoms. The molecule has 90 valence electrons. The summed E-state index contributed by atoms with van der Waals surface area (Å²) in [4.78, 5) is 0. The Balaban J connectivity index is 2.22. The molecule has 0 aromatic carbocycles. The Morgan fingerprint density at radius 2 is 2.06 bits per heavy atom. The van der Waals surface area contributed by atoms with Gasteiger partial charge in [0.25, 0.3) is 0 Å². The van der Waals surface area contributed by atoms with Crippen LogP contribution < -0.4 is 0 Å². The number of terminal acetylenes is 1. The number of hydrogen-bond donors (Lipinski definition) is 0. The third-order valence-corrected chi connectivity index (χ3v) is 3.74. The lowest BCUT2D eigenvalue weighted by atomic mass is 9.84. The summed E-state index contributed by atoms with van der Waals surface area (Å²) >= 11 is 0. The van der Waals surface area contributed by atoms with Crippen molar-refractivity contribution in [2.75, 3.05) is 6.61 Å². The first-order valence-corrected chi connectivity index (χ1v) is 5.91. The van der Waals surface area contributed by atoms with Crippen molar-refractivity contribution in [1.82, 2.24) is 0 Å². The second kappa shape index (κ2) is 3.73. The fourth-order valence-electron chi connectivity index (χ4n) is 2.66. The van der Waals surface area contributed by atoms with Crippen LogP contribution in [-0.4, -0.2) is 30.2 Å². The maximum absolute atomic E-state index is 5.97. The van der Waals surface area contributed by atoms with Crippen LogP contribution in [0.3, 0.4) is 0 Å². The van der Waals surface area contributed by atoms with Crippen molar-refractivity contribution in [3.63, 3.8) is 0 Å². The van der Waals surface area contributed by atoms with Crippen LogP contribution in [0.5, 0.6) is 0 Å². The van der Waals surface area contributed by atoms with Gasteiger partial charge in [0.15, 0.2) is 5.79 Å². The zero-order valence-corrected chi connectivity index (χ0v) is 10.4. The maximum atomic E-state index is 5.97. The van der Waals surface area contributed by atoms with Crippen molar-refractivity contribution < 1.29 is 14.2 Å². The standard InChI is InChI=1S/C13H20O3/c1-6-13(7-2)9(3)11-10(15-13)8-14-12(4,5)16-11/h1,9-11H,7-8H2,2-5H3/t9?,10-,11?,13+/m0/s1. The zero-order chi connectivity index (χ0) is 12.0. The van der Waals surface area contributed by atoms with Gasteiger partial charge < -0.3 is 14.2 Å². The zero-order valence-electron chi connectivity index (χ0n) is 10.4. The van der Waals surface area contributed by atoms with Gasteiger partial charge in [0.1, 0.15) is 11.7 Å². The van der Waals surface area contributed by atoms with Crippen LogP contribution in [0.2, 0.25) is 0 Å². The van der Waals surface area contributed by atoms with E-state index in [2.05, 4.69) is 19.8 Å². The van der Waals surface area contributed by atoms with Crippen molar-refractivity contribution >= 4 is 0 Å². The molecule has 3 heteroatoms. The number of rotatable bonds is 1. The van der Waals surface area contributed by atoms with E-state index in [4.69, 9.17) is 20.6 Å². The molecule has 2 unspecified atom stereocenters. The molecule has 0 radical (unpaired) electrons. The van der Waals surface area contributed by atoms with E-state index in [0.29, 0.717) is 6.61 Å². The molecule has 0 aromatic heterocycles. The lowest BCUT2D eigenvalue weighted by molar-refractivity contribution is -0.297. The van der Waals surface area contributed by atoms with Crippen LogP contribution in [0.4, 0.5) is 0 Å². The third kappa shape index (κ3) is 1.66. The summed E-state index contributed by atoms with van der Waals surface area (Å²) in [5.41, 5.74) is -0.487. The minimum atomic E-state index is -0.531. The van der Waals surface area contributed by atoms with E-state index in [1.165, 1.54) is 0 Å². The Morgan fingerprint density at radius 1 is 1.38 bits per heavy atom. The summed E-state index contributed by atoms with van der Waals surface area (Å²) in [6.07, 6.45) is 6.44. The molecule has 0 aliphatic carbocycles. The molecule has 2 saturated heterocycles. The second-order valence-corrected chi connectivity index (χ2v) is 5.13. The van der Waals surface area contributed by atoms with E-state index in [9.17, 15) is 0 Å². The Labute approximate surface area is 97.4 Å². The molecule has 4 atom stereocenters. The SMILES string of the molecule is C#C[C@]1(CC)O[C@H]2COC(C)(C)OC2C1C. The van der Waals surface area contributed by atoms with Crippen LogP contribution in [0.1, 0.15) is 34.1 Å². The van der Waals surface area contributed by atoms with Gasteiger partial charge >= 0.3 is 0 Å². The lowest BCUT2D eigenvalue weighted by Crippen LogP contribution is -2.48. The molecule has 2 aliphatic heterocycles. The molecule has 16 heavy (non-hydrogen) atoms. The van der Waals surface area contributed by atoms with E-state index in [1.54, 1.807) is 0 Å². The maximum Gasteiger partial charge on any atom is 0.163 e. The second-order valence-electron chi connectivity index (χ2n) is 5.13. The van der Waals surface area contributed by atoms with Gasteiger partial charge in [-0.05, 0) is 20.3 Å². The van der Waals surface area contributed by atoms with Gasteiger partial charge in [-0.25, -0.2) is 0 Å². The van der Waals surface area contributed by atoms with Gasteiger partial charge in [-0.1, -0.05) is 19.8 Å². The van der Waals surface area contributed by atoms with Crippen LogP contribution in [0.25, 0.3) is 0 Å². The van der Waals surface area contributed by atoms with Crippen LogP contribution in [0.15, 0.2) is 0 Å². The van der Waals surface area contributed by atoms with Crippen molar-refractivity contribution in [2.45, 2.75) is 57.7 Å². The molecule has 0 amide bonds. The van der Waals surface area contributed by atoms with Crippen LogP contribution in [-0.2, 0) is 14.2 Å². The van der Waals surface area contributed by atoms with E-state index in [0.717, 1.165) is 6.42 Å². The Hall–Kier alpha value is -0.560. The molecule has 2 aliphatic rings. The van der Waals surface area contributed by atoms with Gasteiger partial charge in [-0.2, -0.15) is 0 Å². The smallest absolute Gasteiger partial charge is 0.163 e. The minimum Gasteiger partial charge on any atom is -0.354 e. The number of ether oxygens (including phenoxy) is 3. The predicted molar refractivity (Wildman–Crippen MR) is 60.8 cm³/mol. The molecule has 0 spiro atoms. The van der Waals surface area contributed by atoms with Gasteiger partial charge in [-0.15, -0.1) is 6.42 Å². The average Bonchev–Trinajstić information content (AvgIpc) is 2.52. The Bertz CT molecular complexity index is 318. The van der Waals surface area contributed by atoms with E-state index in [1.807, 2.05) is 13.8 Å². The summed E-state index contributed by atoms with van der Waals surface area (Å²) in [5, 5.41) is 0. The predicted octanol–water partition coefficient (Wildman–Crippen LogP) is 1.95. The van der Waals surface area contributed by atoms with Crippen molar-refractivity contribution in [1.29, 1.82) is 0 Å². The molecule has 3 nitrogen and oxygen atoms in total. The van der Waals surface area contributed by atoms with Crippen LogP contribution in [0, 0.1) is 18.3 Å². The molecule has 0 N–H and O–H groups in total. The first-order valence-electron chi connectivity index (χ1n) is 5.91. The highest BCUT2D eigenvalue weighted by atomic mass is 16.7. The fourth-order valence-corrected chi connectivity index (χ4v) is 2.66. The summed E-state index contributed by atoms with van der Waals surface area (Å²) in [5.74, 6) is 2.48. The van der Waals surface area contributed by atoms with Crippen molar-refractivity contribution in [3.05, 3.63) is 0 Å². The van der Waals surface area contributed by atoms with E-state index >= 15 is 0 Å². The van der Waals surface area contributed by atoms with Crippen molar-refractivity contribution in [2.24, 2.45) is 5.92 Å². The van der Waals surface area contributed by atoms with Gasteiger partial charge in [-0.3, -0.25) is 0 Å². The fraction of sp³-hybridized carbons (Fsp3) is 0.846. The first-order chi connectivity index (χ1) is 7.44. The number of fused-ring (bicyclic) bond motifs is 1. The normalized spacial score (nSPS) is 46.1. The topological polar surface area (TPSA) is 27.7 Å². The number of hydrogen-bond acceptors (Lipinski definition) is 3. The van der Waals surface area contributed by atoms with Gasteiger partial charge in [0, 0.05) is 5.92 Å². The van der Waals surface area contributed by atoms with Crippen LogP contribution >= 0.6 is 0 Å². The summed E-state index contributed by atoms with van der Waals surface area (Å²) < 4.78 is 17.5. The largest absolute Gasteiger partial charge is 0.354 e. The first kappa shape index (κ1) is 11.9. The minimum absolute atomic E-state index is 0.0287. The monoisotopic (exact) mass is 224 g/mol. The average molecular weight is 224 g/mol. The Morgan fingerprint density at radius 3 is 2.62 bits per heavy atom. The summed E-state index contributed by atoms with van der Waals surface area (Å²) in [6.45, 7) is 8.58. The van der Waals surface area contributed by atoms with Gasteiger partial charge in [0.2, 0.25) is 0 Å². The third-order valence-electron chi connectivity index (χ3n) is 3.74. The highest BCUT2D eigenvalue weighted by Gasteiger charge is 2.55. The molecular formula is C13H20O3. The summed E-state index contributed by atoms with van der Waals surface area (Å²) in [7, 11) is 0. The lowest BCUT2D eigenvalue weighted by Gasteiger charge is -2.38. The molecule has 2 rings (SSSR count). The van der Waals surface area contributed by atoms with E-state index < -0.39 is 11.4 Å². The van der Waals surface area contributed by atoms with Crippen molar-refractivity contribution in [3.8, 4) is 12.3 Å². The molecule has 2 fully saturated rings.